The second kappa shape index (κ2) is 10.2. The number of carbonyl (C=O) groups excluding carboxylic acids is 1. The van der Waals surface area contributed by atoms with E-state index in [0.29, 0.717) is 0 Å². The van der Waals surface area contributed by atoms with Crippen LogP contribution in [0.4, 0.5) is 0 Å². The van der Waals surface area contributed by atoms with Crippen molar-refractivity contribution in [1.29, 1.82) is 0 Å². The van der Waals surface area contributed by atoms with E-state index >= 15 is 0 Å². The SMILES string of the molecule is CCCCC(N)C(=O)N1CCC(CN(C)CCCC)CC1. The van der Waals surface area contributed by atoms with Crippen LogP contribution in [-0.4, -0.2) is 55.0 Å². The summed E-state index contributed by atoms with van der Waals surface area (Å²) in [5.74, 6) is 0.906. The molecule has 0 aromatic carbocycles. The van der Waals surface area contributed by atoms with Gasteiger partial charge in [-0.25, -0.2) is 0 Å². The van der Waals surface area contributed by atoms with E-state index in [9.17, 15) is 4.79 Å². The Morgan fingerprint density at radius 2 is 1.86 bits per heavy atom. The lowest BCUT2D eigenvalue weighted by Crippen LogP contribution is -2.48. The van der Waals surface area contributed by atoms with E-state index in [0.717, 1.165) is 51.1 Å². The smallest absolute Gasteiger partial charge is 0.239 e. The first kappa shape index (κ1) is 18.4. The van der Waals surface area contributed by atoms with Gasteiger partial charge in [0.1, 0.15) is 0 Å². The van der Waals surface area contributed by atoms with Crippen LogP contribution in [0.5, 0.6) is 0 Å². The molecule has 0 radical (unpaired) electrons. The summed E-state index contributed by atoms with van der Waals surface area (Å²) in [5, 5.41) is 0. The summed E-state index contributed by atoms with van der Waals surface area (Å²) in [6.07, 6.45) is 7.77. The van der Waals surface area contributed by atoms with Crippen LogP contribution in [0.25, 0.3) is 0 Å². The van der Waals surface area contributed by atoms with E-state index in [1.54, 1.807) is 0 Å². The van der Waals surface area contributed by atoms with Crippen molar-refractivity contribution in [2.45, 2.75) is 64.8 Å². The minimum atomic E-state index is -0.284. The number of hydrogen-bond acceptors (Lipinski definition) is 3. The van der Waals surface area contributed by atoms with Crippen LogP contribution in [-0.2, 0) is 4.79 Å². The summed E-state index contributed by atoms with van der Waals surface area (Å²) in [7, 11) is 2.22. The lowest BCUT2D eigenvalue weighted by atomic mass is 9.95. The molecular weight excluding hydrogens is 262 g/mol. The van der Waals surface area contributed by atoms with Gasteiger partial charge >= 0.3 is 0 Å². The van der Waals surface area contributed by atoms with E-state index in [1.165, 1.54) is 25.9 Å². The summed E-state index contributed by atoms with van der Waals surface area (Å²) >= 11 is 0. The molecule has 1 fully saturated rings. The van der Waals surface area contributed by atoms with E-state index in [-0.39, 0.29) is 11.9 Å². The summed E-state index contributed by atoms with van der Waals surface area (Å²) in [4.78, 5) is 16.7. The van der Waals surface area contributed by atoms with Gasteiger partial charge in [-0.15, -0.1) is 0 Å². The van der Waals surface area contributed by atoms with Crippen LogP contribution in [0.3, 0.4) is 0 Å². The summed E-state index contributed by atoms with van der Waals surface area (Å²) in [6, 6.07) is -0.284. The molecule has 2 N–H and O–H groups in total. The first-order chi connectivity index (χ1) is 10.1. The quantitative estimate of drug-likeness (QED) is 0.711. The molecule has 0 saturated carbocycles. The van der Waals surface area contributed by atoms with Crippen molar-refractivity contribution >= 4 is 5.91 Å². The van der Waals surface area contributed by atoms with Crippen LogP contribution in [0.1, 0.15) is 58.8 Å². The first-order valence-electron chi connectivity index (χ1n) is 8.81. The van der Waals surface area contributed by atoms with Gasteiger partial charge in [0.25, 0.3) is 0 Å². The molecule has 1 saturated heterocycles. The molecule has 21 heavy (non-hydrogen) atoms. The molecule has 1 unspecified atom stereocenters. The summed E-state index contributed by atoms with van der Waals surface area (Å²) in [5.41, 5.74) is 6.00. The average Bonchev–Trinajstić information content (AvgIpc) is 2.50. The van der Waals surface area contributed by atoms with Crippen LogP contribution < -0.4 is 5.73 Å². The van der Waals surface area contributed by atoms with Gasteiger partial charge in [0.15, 0.2) is 0 Å². The topological polar surface area (TPSA) is 49.6 Å². The Kier molecular flexibility index (Phi) is 8.93. The molecule has 4 nitrogen and oxygen atoms in total. The Hall–Kier alpha value is -0.610. The highest BCUT2D eigenvalue weighted by molar-refractivity contribution is 5.81. The van der Waals surface area contributed by atoms with Gasteiger partial charge in [0.05, 0.1) is 6.04 Å². The molecule has 1 rings (SSSR count). The van der Waals surface area contributed by atoms with E-state index < -0.39 is 0 Å². The van der Waals surface area contributed by atoms with Crippen molar-refractivity contribution < 1.29 is 4.79 Å². The molecule has 0 spiro atoms. The zero-order valence-electron chi connectivity index (χ0n) is 14.3. The third kappa shape index (κ3) is 6.79. The van der Waals surface area contributed by atoms with Crippen molar-refractivity contribution in [1.82, 2.24) is 9.80 Å². The number of unbranched alkanes of at least 4 members (excludes halogenated alkanes) is 2. The summed E-state index contributed by atoms with van der Waals surface area (Å²) in [6.45, 7) is 8.52. The Morgan fingerprint density at radius 1 is 1.24 bits per heavy atom. The van der Waals surface area contributed by atoms with Gasteiger partial charge in [0, 0.05) is 19.6 Å². The van der Waals surface area contributed by atoms with Crippen molar-refractivity contribution in [3.05, 3.63) is 0 Å². The number of nitrogens with zero attached hydrogens (tertiary/aromatic N) is 2. The molecule has 1 amide bonds. The van der Waals surface area contributed by atoms with E-state index in [2.05, 4.69) is 25.8 Å². The molecule has 1 aliphatic rings. The predicted octanol–water partition coefficient (Wildman–Crippen LogP) is 2.47. The Balaban J connectivity index is 2.26. The number of hydrogen-bond donors (Lipinski definition) is 1. The second-order valence-corrected chi connectivity index (χ2v) is 6.63. The maximum absolute atomic E-state index is 12.3. The zero-order valence-corrected chi connectivity index (χ0v) is 14.3. The highest BCUT2D eigenvalue weighted by atomic mass is 16.2. The maximum Gasteiger partial charge on any atom is 0.239 e. The fourth-order valence-corrected chi connectivity index (χ4v) is 3.08. The minimum absolute atomic E-state index is 0.168. The third-order valence-electron chi connectivity index (χ3n) is 4.58. The normalized spacial score (nSPS) is 18.2. The van der Waals surface area contributed by atoms with E-state index in [1.807, 2.05) is 4.90 Å². The fraction of sp³-hybridized carbons (Fsp3) is 0.941. The molecule has 0 aliphatic carbocycles. The van der Waals surface area contributed by atoms with Crippen molar-refractivity contribution in [2.75, 3.05) is 33.2 Å². The fourth-order valence-electron chi connectivity index (χ4n) is 3.08. The highest BCUT2D eigenvalue weighted by Gasteiger charge is 2.26. The van der Waals surface area contributed by atoms with Crippen molar-refractivity contribution in [3.63, 3.8) is 0 Å². The Labute approximate surface area is 131 Å². The van der Waals surface area contributed by atoms with Gasteiger partial charge in [-0.05, 0) is 45.2 Å². The van der Waals surface area contributed by atoms with Crippen LogP contribution in [0.15, 0.2) is 0 Å². The molecular formula is C17H35N3O. The minimum Gasteiger partial charge on any atom is -0.341 e. The lowest BCUT2D eigenvalue weighted by Gasteiger charge is -2.35. The van der Waals surface area contributed by atoms with Crippen LogP contribution in [0, 0.1) is 5.92 Å². The molecule has 1 aliphatic heterocycles. The highest BCUT2D eigenvalue weighted by Crippen LogP contribution is 2.19. The Morgan fingerprint density at radius 3 is 2.43 bits per heavy atom. The molecule has 4 heteroatoms. The van der Waals surface area contributed by atoms with Crippen molar-refractivity contribution in [2.24, 2.45) is 11.7 Å². The van der Waals surface area contributed by atoms with Gasteiger partial charge < -0.3 is 15.5 Å². The van der Waals surface area contributed by atoms with Crippen LogP contribution >= 0.6 is 0 Å². The monoisotopic (exact) mass is 297 g/mol. The van der Waals surface area contributed by atoms with E-state index in [4.69, 9.17) is 5.73 Å². The molecule has 0 aromatic heterocycles. The van der Waals surface area contributed by atoms with Crippen molar-refractivity contribution in [3.8, 4) is 0 Å². The van der Waals surface area contributed by atoms with Gasteiger partial charge in [-0.3, -0.25) is 4.79 Å². The maximum atomic E-state index is 12.3. The van der Waals surface area contributed by atoms with Gasteiger partial charge in [0.2, 0.25) is 5.91 Å². The second-order valence-electron chi connectivity index (χ2n) is 6.63. The standard InChI is InChI=1S/C17H35N3O/c1-4-6-8-16(18)17(21)20-12-9-15(10-13-20)14-19(3)11-7-5-2/h15-16H,4-14,18H2,1-3H3. The number of carbonyl (C=O) groups is 1. The summed E-state index contributed by atoms with van der Waals surface area (Å²) < 4.78 is 0. The molecule has 0 aromatic rings. The molecule has 0 bridgehead atoms. The number of nitrogens with two attached hydrogens (primary N) is 1. The molecule has 1 atom stereocenters. The molecule has 124 valence electrons. The number of amides is 1. The zero-order chi connectivity index (χ0) is 15.7. The number of piperidine rings is 1. The number of rotatable bonds is 9. The van der Waals surface area contributed by atoms with Crippen LogP contribution in [0.2, 0.25) is 0 Å². The van der Waals surface area contributed by atoms with Gasteiger partial charge in [-0.2, -0.15) is 0 Å². The molecule has 1 heterocycles. The first-order valence-corrected chi connectivity index (χ1v) is 8.81. The predicted molar refractivity (Wildman–Crippen MR) is 89.2 cm³/mol. The lowest BCUT2D eigenvalue weighted by molar-refractivity contribution is -0.134. The van der Waals surface area contributed by atoms with Gasteiger partial charge in [-0.1, -0.05) is 33.1 Å². The number of likely N-dealkylation sites (tertiary alicyclic amines) is 1. The Bertz CT molecular complexity index is 288. The largest absolute Gasteiger partial charge is 0.341 e. The average molecular weight is 297 g/mol. The third-order valence-corrected chi connectivity index (χ3v) is 4.58.